The van der Waals surface area contributed by atoms with Gasteiger partial charge < -0.3 is 28.5 Å². The van der Waals surface area contributed by atoms with Gasteiger partial charge in [0.25, 0.3) is 0 Å². The Morgan fingerprint density at radius 3 is 2.68 bits per heavy atom. The second-order valence-corrected chi connectivity index (χ2v) is 12.6. The minimum Gasteiger partial charge on any atom is -0.462 e. The van der Waals surface area contributed by atoms with Crippen LogP contribution < -0.4 is 0 Å². The Balaban J connectivity index is 1.51. The maximum atomic E-state index is 13.0. The van der Waals surface area contributed by atoms with Crippen molar-refractivity contribution < 1.29 is 38.1 Å². The first-order chi connectivity index (χ1) is 20.9. The number of oxazole rings is 1. The molecule has 3 aliphatic rings. The number of esters is 2. The number of carbonyl (C=O) groups excluding carboxylic acids is 2. The predicted octanol–water partition coefficient (Wildman–Crippen LogP) is 5.83. The van der Waals surface area contributed by atoms with Crippen molar-refractivity contribution in [2.24, 2.45) is 17.8 Å². The Kier molecular flexibility index (Phi) is 11.2. The Bertz CT molecular complexity index is 1320. The molecule has 0 spiro atoms. The molecule has 2 saturated heterocycles. The molecule has 1 aromatic heterocycles. The number of methoxy groups -OCH3 is 1. The lowest BCUT2D eigenvalue weighted by Crippen LogP contribution is -2.41. The SMILES string of the molecule is CO[C@H](/C(C)=C/C=C/C(C)=C/c1coc(C)n1)[C@@H](C)C1C[C@H](O)[C@]2(C)O[C@@H]2/C=C/[C@@H](C)[C@H]2C[C@@H](C/C=C/C(=O)O1)CC(=O)O2. The first-order valence-electron chi connectivity index (χ1n) is 15.5. The zero-order chi connectivity index (χ0) is 32.0. The van der Waals surface area contributed by atoms with Crippen molar-refractivity contribution in [3.8, 4) is 0 Å². The van der Waals surface area contributed by atoms with Crippen LogP contribution in [0, 0.1) is 24.7 Å². The van der Waals surface area contributed by atoms with E-state index in [2.05, 4.69) is 4.98 Å². The number of aromatic nitrogens is 1. The van der Waals surface area contributed by atoms with E-state index in [1.807, 2.05) is 71.1 Å². The first-order valence-corrected chi connectivity index (χ1v) is 15.5. The van der Waals surface area contributed by atoms with Crippen LogP contribution in [-0.2, 0) is 28.5 Å². The van der Waals surface area contributed by atoms with E-state index >= 15 is 0 Å². The van der Waals surface area contributed by atoms with Gasteiger partial charge in [-0.05, 0) is 56.8 Å². The van der Waals surface area contributed by atoms with E-state index in [-0.39, 0.29) is 48.5 Å². The fraction of sp³-hybridized carbons (Fsp3) is 0.571. The van der Waals surface area contributed by atoms with Crippen LogP contribution in [-0.4, -0.2) is 65.3 Å². The first kappa shape index (κ1) is 33.6. The quantitative estimate of drug-likeness (QED) is 0.176. The predicted molar refractivity (Wildman–Crippen MR) is 166 cm³/mol. The molecular formula is C35H47NO8. The van der Waals surface area contributed by atoms with Gasteiger partial charge in [-0.25, -0.2) is 9.78 Å². The summed E-state index contributed by atoms with van der Waals surface area (Å²) in [5, 5.41) is 11.3. The number of rotatable bonds is 7. The molecule has 4 rings (SSSR count). The number of aliphatic hydroxyl groups excluding tert-OH is 1. The van der Waals surface area contributed by atoms with E-state index in [1.54, 1.807) is 26.4 Å². The molecule has 0 aromatic carbocycles. The van der Waals surface area contributed by atoms with E-state index in [4.69, 9.17) is 23.4 Å². The van der Waals surface area contributed by atoms with Crippen molar-refractivity contribution in [2.45, 2.75) is 103 Å². The monoisotopic (exact) mass is 609 g/mol. The molecule has 1 aromatic rings. The van der Waals surface area contributed by atoms with Crippen molar-refractivity contribution in [3.05, 3.63) is 71.5 Å². The van der Waals surface area contributed by atoms with Crippen molar-refractivity contribution in [2.75, 3.05) is 7.11 Å². The Morgan fingerprint density at radius 2 is 1.98 bits per heavy atom. The Labute approximate surface area is 260 Å². The van der Waals surface area contributed by atoms with Gasteiger partial charge in [-0.2, -0.15) is 0 Å². The maximum absolute atomic E-state index is 13.0. The summed E-state index contributed by atoms with van der Waals surface area (Å²) in [6.07, 6.45) is 15.9. The molecule has 3 aliphatic heterocycles. The lowest BCUT2D eigenvalue weighted by Gasteiger charge is -2.32. The summed E-state index contributed by atoms with van der Waals surface area (Å²) in [5.74, 6) is -0.299. The van der Waals surface area contributed by atoms with Crippen LogP contribution >= 0.6 is 0 Å². The average molecular weight is 610 g/mol. The molecule has 2 fully saturated rings. The smallest absolute Gasteiger partial charge is 0.330 e. The normalized spacial score (nSPS) is 34.9. The van der Waals surface area contributed by atoms with Crippen LogP contribution in [0.5, 0.6) is 0 Å². The number of carbonyl (C=O) groups is 2. The third-order valence-corrected chi connectivity index (χ3v) is 8.97. The molecule has 0 amide bonds. The van der Waals surface area contributed by atoms with Crippen LogP contribution in [0.15, 0.2) is 64.4 Å². The molecular weight excluding hydrogens is 562 g/mol. The highest BCUT2D eigenvalue weighted by Crippen LogP contribution is 2.43. The molecule has 4 heterocycles. The summed E-state index contributed by atoms with van der Waals surface area (Å²) < 4.78 is 28.7. The number of ether oxygens (including phenoxy) is 4. The third-order valence-electron chi connectivity index (χ3n) is 8.97. The molecule has 2 bridgehead atoms. The summed E-state index contributed by atoms with van der Waals surface area (Å²) in [6.45, 7) is 11.6. The number of fused-ring (bicyclic) bond motifs is 3. The molecule has 44 heavy (non-hydrogen) atoms. The third kappa shape index (κ3) is 8.67. The zero-order valence-electron chi connectivity index (χ0n) is 26.9. The number of nitrogens with zero attached hydrogens (tertiary/aromatic N) is 1. The number of epoxide rings is 1. The molecule has 0 radical (unpaired) electrons. The van der Waals surface area contributed by atoms with Crippen LogP contribution in [0.25, 0.3) is 6.08 Å². The van der Waals surface area contributed by atoms with E-state index in [9.17, 15) is 14.7 Å². The van der Waals surface area contributed by atoms with Gasteiger partial charge in [0, 0.05) is 44.8 Å². The zero-order valence-corrected chi connectivity index (χ0v) is 26.9. The highest BCUT2D eigenvalue weighted by molar-refractivity contribution is 5.82. The summed E-state index contributed by atoms with van der Waals surface area (Å²) in [5.41, 5.74) is 1.88. The fourth-order valence-corrected chi connectivity index (χ4v) is 6.11. The van der Waals surface area contributed by atoms with Gasteiger partial charge >= 0.3 is 11.9 Å². The minimum atomic E-state index is -0.892. The Morgan fingerprint density at radius 1 is 1.20 bits per heavy atom. The molecule has 9 nitrogen and oxygen atoms in total. The summed E-state index contributed by atoms with van der Waals surface area (Å²) in [4.78, 5) is 29.6. The van der Waals surface area contributed by atoms with Crippen molar-refractivity contribution in [1.82, 2.24) is 4.98 Å². The molecule has 1 unspecified atom stereocenters. The van der Waals surface area contributed by atoms with E-state index in [0.717, 1.165) is 16.8 Å². The standard InChI is InChI=1S/C35H47NO8/c1-21(16-27-20-41-25(5)36-27)10-8-11-23(3)34(40-7)24(4)29-19-30(37)35(6)31(44-35)15-14-22(2)28-17-26(18-33(39)42-28)12-9-13-32(38)43-29/h8-11,13-16,20,22,24,26,28-31,34,37H,12,17-19H2,1-7H3/b10-8+,13-9+,15-14+,21-16+,23-11+/t22-,24+,26-,28-,29?,30+,31-,34-,35+/m1/s1. The number of hydrogen-bond donors (Lipinski definition) is 1. The number of cyclic esters (lactones) is 1. The van der Waals surface area contributed by atoms with Gasteiger partial charge in [-0.15, -0.1) is 0 Å². The molecule has 1 N–H and O–H groups in total. The van der Waals surface area contributed by atoms with E-state index in [1.165, 1.54) is 6.08 Å². The summed E-state index contributed by atoms with van der Waals surface area (Å²) in [7, 11) is 1.63. The van der Waals surface area contributed by atoms with Crippen LogP contribution in [0.4, 0.5) is 0 Å². The average Bonchev–Trinajstić information content (AvgIpc) is 3.47. The second-order valence-electron chi connectivity index (χ2n) is 12.6. The topological polar surface area (TPSA) is 121 Å². The van der Waals surface area contributed by atoms with Gasteiger partial charge in [0.2, 0.25) is 0 Å². The second kappa shape index (κ2) is 14.7. The number of hydrogen-bond acceptors (Lipinski definition) is 9. The number of allylic oxidation sites excluding steroid dienone is 5. The van der Waals surface area contributed by atoms with Crippen LogP contribution in [0.3, 0.4) is 0 Å². The van der Waals surface area contributed by atoms with Gasteiger partial charge in [0.15, 0.2) is 5.89 Å². The molecule has 0 saturated carbocycles. The van der Waals surface area contributed by atoms with Gasteiger partial charge in [0.1, 0.15) is 35.9 Å². The maximum Gasteiger partial charge on any atom is 0.330 e. The van der Waals surface area contributed by atoms with E-state index < -0.39 is 23.8 Å². The number of aryl methyl sites for hydroxylation is 1. The van der Waals surface area contributed by atoms with Crippen molar-refractivity contribution in [1.29, 1.82) is 0 Å². The largest absolute Gasteiger partial charge is 0.462 e. The van der Waals surface area contributed by atoms with Crippen LogP contribution in [0.2, 0.25) is 0 Å². The highest BCUT2D eigenvalue weighted by atomic mass is 16.6. The van der Waals surface area contributed by atoms with Crippen LogP contribution in [0.1, 0.15) is 71.9 Å². The lowest BCUT2D eigenvalue weighted by atomic mass is 9.85. The fourth-order valence-electron chi connectivity index (χ4n) is 6.11. The number of aliphatic hydroxyl groups is 1. The highest BCUT2D eigenvalue weighted by Gasteiger charge is 2.57. The lowest BCUT2D eigenvalue weighted by molar-refractivity contribution is -0.158. The molecule has 9 heteroatoms. The van der Waals surface area contributed by atoms with Gasteiger partial charge in [-0.1, -0.05) is 50.3 Å². The van der Waals surface area contributed by atoms with E-state index in [0.29, 0.717) is 25.2 Å². The summed E-state index contributed by atoms with van der Waals surface area (Å²) >= 11 is 0. The molecule has 240 valence electrons. The van der Waals surface area contributed by atoms with Gasteiger partial charge in [0.05, 0.1) is 12.2 Å². The molecule has 0 aliphatic carbocycles. The van der Waals surface area contributed by atoms with Gasteiger partial charge in [-0.3, -0.25) is 4.79 Å². The Hall–Kier alpha value is -3.27. The van der Waals surface area contributed by atoms with Crippen molar-refractivity contribution in [3.63, 3.8) is 0 Å². The van der Waals surface area contributed by atoms with Crippen molar-refractivity contribution >= 4 is 18.0 Å². The summed E-state index contributed by atoms with van der Waals surface area (Å²) in [6, 6.07) is 0. The molecule has 9 atom stereocenters. The minimum absolute atomic E-state index is 0.000898.